The molecule has 0 spiro atoms. The monoisotopic (exact) mass is 470 g/mol. The number of benzene rings is 2. The number of hydrogen-bond acceptors (Lipinski definition) is 0. The fourth-order valence-electron chi connectivity index (χ4n) is 5.05. The number of aryl methyl sites for hydroxylation is 2. The molecule has 0 saturated heterocycles. The molecular weight excluding hydrogens is 438 g/mol. The topological polar surface area (TPSA) is 0 Å². The van der Waals surface area contributed by atoms with Crippen molar-refractivity contribution >= 4 is 0 Å². The lowest BCUT2D eigenvalue weighted by Gasteiger charge is -2.29. The molecule has 2 aromatic rings. The zero-order valence-electron chi connectivity index (χ0n) is 19.4. The van der Waals surface area contributed by atoms with Gasteiger partial charge in [-0.1, -0.05) is 51.7 Å². The first-order chi connectivity index (χ1) is 15.8. The van der Waals surface area contributed by atoms with Gasteiger partial charge in [-0.2, -0.15) is 0 Å². The molecule has 0 N–H and O–H groups in total. The second-order valence-electron chi connectivity index (χ2n) is 9.23. The molecule has 6 heteroatoms. The van der Waals surface area contributed by atoms with Crippen LogP contribution in [0.2, 0.25) is 0 Å². The van der Waals surface area contributed by atoms with E-state index in [4.69, 9.17) is 0 Å². The third-order valence-corrected chi connectivity index (χ3v) is 7.13. The van der Waals surface area contributed by atoms with Crippen LogP contribution in [0.4, 0.5) is 26.3 Å². The largest absolute Gasteiger partial charge is 0.203 e. The summed E-state index contributed by atoms with van der Waals surface area (Å²) in [5.74, 6) is -7.74. The highest BCUT2D eigenvalue weighted by atomic mass is 19.2. The van der Waals surface area contributed by atoms with E-state index in [0.29, 0.717) is 25.2 Å². The van der Waals surface area contributed by atoms with E-state index in [0.717, 1.165) is 38.5 Å². The van der Waals surface area contributed by atoms with Crippen LogP contribution in [-0.2, 0) is 19.3 Å². The van der Waals surface area contributed by atoms with Gasteiger partial charge in [-0.3, -0.25) is 0 Å². The lowest BCUT2D eigenvalue weighted by molar-refractivity contribution is 0.290. The Balaban J connectivity index is 1.76. The van der Waals surface area contributed by atoms with Gasteiger partial charge in [0.1, 0.15) is 0 Å². The SMILES string of the molecule is CCCCCC1CCC(c2c(F)c(F)c(CCc3ccc(CC)c(F)c3F)c(F)c2F)CC1. The number of halogens is 6. The van der Waals surface area contributed by atoms with Crippen LogP contribution in [0.1, 0.15) is 93.4 Å². The summed E-state index contributed by atoms with van der Waals surface area (Å²) in [4.78, 5) is 0. The minimum atomic E-state index is -1.43. The van der Waals surface area contributed by atoms with E-state index < -0.39 is 58.4 Å². The first-order valence-electron chi connectivity index (χ1n) is 12.1. The summed E-state index contributed by atoms with van der Waals surface area (Å²) in [6, 6.07) is 2.75. The van der Waals surface area contributed by atoms with Gasteiger partial charge in [-0.25, -0.2) is 26.3 Å². The van der Waals surface area contributed by atoms with Crippen LogP contribution in [-0.4, -0.2) is 0 Å². The number of hydrogen-bond donors (Lipinski definition) is 0. The molecule has 0 radical (unpaired) electrons. The number of rotatable bonds is 9. The maximum atomic E-state index is 14.9. The predicted molar refractivity (Wildman–Crippen MR) is 118 cm³/mol. The van der Waals surface area contributed by atoms with Crippen LogP contribution in [0, 0.1) is 40.8 Å². The van der Waals surface area contributed by atoms with Crippen molar-refractivity contribution in [2.75, 3.05) is 0 Å². The van der Waals surface area contributed by atoms with Crippen molar-refractivity contribution in [2.45, 2.75) is 90.4 Å². The van der Waals surface area contributed by atoms with Crippen molar-refractivity contribution in [3.63, 3.8) is 0 Å². The van der Waals surface area contributed by atoms with Crippen LogP contribution >= 0.6 is 0 Å². The lowest BCUT2D eigenvalue weighted by atomic mass is 9.76. The van der Waals surface area contributed by atoms with Gasteiger partial charge >= 0.3 is 0 Å². The zero-order chi connectivity index (χ0) is 24.1. The first kappa shape index (κ1) is 25.6. The molecule has 0 unspecified atom stereocenters. The highest BCUT2D eigenvalue weighted by Gasteiger charge is 2.32. The summed E-state index contributed by atoms with van der Waals surface area (Å²) >= 11 is 0. The molecule has 1 fully saturated rings. The van der Waals surface area contributed by atoms with Gasteiger partial charge in [0.15, 0.2) is 34.9 Å². The second kappa shape index (κ2) is 11.4. The highest BCUT2D eigenvalue weighted by Crippen LogP contribution is 2.41. The third kappa shape index (κ3) is 5.58. The van der Waals surface area contributed by atoms with E-state index in [1.165, 1.54) is 12.1 Å². The van der Waals surface area contributed by atoms with Gasteiger partial charge in [0.05, 0.1) is 0 Å². The molecule has 2 aromatic carbocycles. The lowest BCUT2D eigenvalue weighted by Crippen LogP contribution is -2.18. The summed E-state index contributed by atoms with van der Waals surface area (Å²) < 4.78 is 87.6. The summed E-state index contributed by atoms with van der Waals surface area (Å²) in [7, 11) is 0. The quantitative estimate of drug-likeness (QED) is 0.195. The van der Waals surface area contributed by atoms with Crippen molar-refractivity contribution < 1.29 is 26.3 Å². The Hall–Kier alpha value is -1.98. The highest BCUT2D eigenvalue weighted by molar-refractivity contribution is 5.34. The summed E-state index contributed by atoms with van der Waals surface area (Å²) in [5, 5.41) is 0. The average Bonchev–Trinajstić information content (AvgIpc) is 2.81. The van der Waals surface area contributed by atoms with E-state index in [1.807, 2.05) is 0 Å². The molecule has 0 nitrogen and oxygen atoms in total. The van der Waals surface area contributed by atoms with Gasteiger partial charge in [0.2, 0.25) is 0 Å². The number of unbranched alkanes of at least 4 members (excludes halogenated alkanes) is 2. The van der Waals surface area contributed by atoms with E-state index >= 15 is 0 Å². The molecule has 182 valence electrons. The van der Waals surface area contributed by atoms with E-state index in [-0.39, 0.29) is 17.5 Å². The van der Waals surface area contributed by atoms with E-state index in [1.54, 1.807) is 6.92 Å². The molecule has 0 atom stereocenters. The van der Waals surface area contributed by atoms with Crippen LogP contribution < -0.4 is 0 Å². The zero-order valence-corrected chi connectivity index (χ0v) is 19.4. The van der Waals surface area contributed by atoms with Crippen LogP contribution in [0.25, 0.3) is 0 Å². The molecular formula is C27H32F6. The molecule has 1 saturated carbocycles. The van der Waals surface area contributed by atoms with Crippen molar-refractivity contribution in [2.24, 2.45) is 5.92 Å². The van der Waals surface area contributed by atoms with Gasteiger partial charge < -0.3 is 0 Å². The molecule has 0 amide bonds. The third-order valence-electron chi connectivity index (χ3n) is 7.13. The normalized spacial score (nSPS) is 18.7. The van der Waals surface area contributed by atoms with Gasteiger partial charge in [-0.15, -0.1) is 0 Å². The summed E-state index contributed by atoms with van der Waals surface area (Å²) in [6.45, 7) is 3.81. The van der Waals surface area contributed by atoms with E-state index in [9.17, 15) is 26.3 Å². The second-order valence-corrected chi connectivity index (χ2v) is 9.23. The van der Waals surface area contributed by atoms with E-state index in [2.05, 4.69) is 6.92 Å². The van der Waals surface area contributed by atoms with Crippen LogP contribution in [0.15, 0.2) is 12.1 Å². The Labute approximate surface area is 192 Å². The molecule has 0 heterocycles. The maximum absolute atomic E-state index is 14.9. The standard InChI is InChI=1S/C27H32F6/c1-3-5-6-7-16-8-10-18(11-9-16)21-26(32)24(30)20(25(31)27(21)33)15-14-19-13-12-17(4-2)22(28)23(19)29/h12-13,16,18H,3-11,14-15H2,1-2H3. The minimum Gasteiger partial charge on any atom is -0.203 e. The van der Waals surface area contributed by atoms with Crippen molar-refractivity contribution in [1.29, 1.82) is 0 Å². The Morgan fingerprint density at radius 2 is 1.24 bits per heavy atom. The van der Waals surface area contributed by atoms with Crippen LogP contribution in [0.5, 0.6) is 0 Å². The van der Waals surface area contributed by atoms with Gasteiger partial charge in [0, 0.05) is 11.1 Å². The van der Waals surface area contributed by atoms with Crippen LogP contribution in [0.3, 0.4) is 0 Å². The Morgan fingerprint density at radius 3 is 1.82 bits per heavy atom. The molecule has 1 aliphatic carbocycles. The molecule has 33 heavy (non-hydrogen) atoms. The van der Waals surface area contributed by atoms with Gasteiger partial charge in [0.25, 0.3) is 0 Å². The fraction of sp³-hybridized carbons (Fsp3) is 0.556. The molecule has 3 rings (SSSR count). The van der Waals surface area contributed by atoms with Gasteiger partial charge in [-0.05, 0) is 67.9 Å². The smallest absolute Gasteiger partial charge is 0.165 e. The molecule has 1 aliphatic rings. The predicted octanol–water partition coefficient (Wildman–Crippen LogP) is 8.72. The maximum Gasteiger partial charge on any atom is 0.165 e. The van der Waals surface area contributed by atoms with Crippen molar-refractivity contribution in [3.8, 4) is 0 Å². The van der Waals surface area contributed by atoms with Crippen molar-refractivity contribution in [3.05, 3.63) is 69.3 Å². The Bertz CT molecular complexity index is 931. The first-order valence-corrected chi connectivity index (χ1v) is 12.1. The molecule has 0 aromatic heterocycles. The average molecular weight is 471 g/mol. The molecule has 0 aliphatic heterocycles. The minimum absolute atomic E-state index is 0.0882. The fourth-order valence-corrected chi connectivity index (χ4v) is 5.05. The summed E-state index contributed by atoms with van der Waals surface area (Å²) in [6.07, 6.45) is 6.59. The Morgan fingerprint density at radius 1 is 0.667 bits per heavy atom. The Kier molecular flexibility index (Phi) is 8.88. The molecule has 0 bridgehead atoms. The summed E-state index contributed by atoms with van der Waals surface area (Å²) in [5.41, 5.74) is -1.17. The van der Waals surface area contributed by atoms with Crippen molar-refractivity contribution in [1.82, 2.24) is 0 Å².